The molecule has 0 radical (unpaired) electrons. The van der Waals surface area contributed by atoms with Crippen molar-refractivity contribution in [1.82, 2.24) is 0 Å². The molecule has 1 heterocycles. The van der Waals surface area contributed by atoms with Gasteiger partial charge >= 0.3 is 0 Å². The second-order valence-corrected chi connectivity index (χ2v) is 6.80. The molecule has 16 heavy (non-hydrogen) atoms. The fraction of sp³-hybridized carbons (Fsp3) is 0.615. The van der Waals surface area contributed by atoms with Gasteiger partial charge in [0.1, 0.15) is 11.1 Å². The van der Waals surface area contributed by atoms with Crippen molar-refractivity contribution in [3.63, 3.8) is 0 Å². The van der Waals surface area contributed by atoms with Gasteiger partial charge in [0.05, 0.1) is 5.56 Å². The third kappa shape index (κ3) is 1.82. The number of hydrogen-bond donors (Lipinski definition) is 1. The molecular formula is C13H18N2S. The number of nitrogen functional groups attached to an aromatic ring is 1. The molecule has 86 valence electrons. The highest BCUT2D eigenvalue weighted by molar-refractivity contribution is 7.16. The number of nitriles is 1. The lowest BCUT2D eigenvalue weighted by Crippen LogP contribution is -2.26. The van der Waals surface area contributed by atoms with E-state index in [-0.39, 0.29) is 0 Å². The van der Waals surface area contributed by atoms with Gasteiger partial charge < -0.3 is 5.73 Å². The van der Waals surface area contributed by atoms with Crippen molar-refractivity contribution in [2.75, 3.05) is 5.73 Å². The minimum atomic E-state index is 0.350. The third-order valence-corrected chi connectivity index (χ3v) is 4.71. The van der Waals surface area contributed by atoms with Gasteiger partial charge in [-0.3, -0.25) is 0 Å². The Morgan fingerprint density at radius 3 is 2.69 bits per heavy atom. The number of fused-ring (bicyclic) bond motifs is 1. The summed E-state index contributed by atoms with van der Waals surface area (Å²) >= 11 is 1.62. The van der Waals surface area contributed by atoms with Crippen molar-refractivity contribution in [2.24, 2.45) is 11.3 Å². The van der Waals surface area contributed by atoms with Gasteiger partial charge in [0.25, 0.3) is 0 Å². The Morgan fingerprint density at radius 1 is 1.44 bits per heavy atom. The molecule has 2 nitrogen and oxygen atoms in total. The molecule has 3 heteroatoms. The van der Waals surface area contributed by atoms with Crippen LogP contribution in [-0.2, 0) is 12.8 Å². The highest BCUT2D eigenvalue weighted by Crippen LogP contribution is 2.42. The lowest BCUT2D eigenvalue weighted by atomic mass is 9.72. The van der Waals surface area contributed by atoms with Crippen LogP contribution in [0, 0.1) is 22.7 Å². The van der Waals surface area contributed by atoms with Crippen LogP contribution >= 0.6 is 11.3 Å². The summed E-state index contributed by atoms with van der Waals surface area (Å²) in [6.07, 6.45) is 3.30. The molecule has 2 rings (SSSR count). The van der Waals surface area contributed by atoms with Crippen molar-refractivity contribution >= 4 is 16.3 Å². The normalized spacial score (nSPS) is 20.2. The predicted molar refractivity (Wildman–Crippen MR) is 68.4 cm³/mol. The first-order chi connectivity index (χ1) is 7.43. The topological polar surface area (TPSA) is 49.8 Å². The average molecular weight is 234 g/mol. The van der Waals surface area contributed by atoms with E-state index in [4.69, 9.17) is 11.0 Å². The molecule has 0 bridgehead atoms. The average Bonchev–Trinajstić information content (AvgIpc) is 2.50. The Balaban J connectivity index is 2.33. The number of rotatable bonds is 0. The fourth-order valence-corrected chi connectivity index (χ4v) is 3.62. The van der Waals surface area contributed by atoms with Crippen molar-refractivity contribution in [3.8, 4) is 6.07 Å². The smallest absolute Gasteiger partial charge is 0.104 e. The first-order valence-corrected chi connectivity index (χ1v) is 6.55. The van der Waals surface area contributed by atoms with Crippen LogP contribution in [0.25, 0.3) is 0 Å². The van der Waals surface area contributed by atoms with Gasteiger partial charge in [0, 0.05) is 4.88 Å². The summed E-state index contributed by atoms with van der Waals surface area (Å²) < 4.78 is 0. The lowest BCUT2D eigenvalue weighted by Gasteiger charge is -2.33. The molecule has 1 atom stereocenters. The highest BCUT2D eigenvalue weighted by atomic mass is 32.1. The Labute approximate surface area is 101 Å². The van der Waals surface area contributed by atoms with Gasteiger partial charge in [0.15, 0.2) is 0 Å². The number of nitrogens with two attached hydrogens (primary N) is 1. The van der Waals surface area contributed by atoms with E-state index in [0.717, 1.165) is 18.4 Å². The maximum Gasteiger partial charge on any atom is 0.104 e. The van der Waals surface area contributed by atoms with E-state index >= 15 is 0 Å². The largest absolute Gasteiger partial charge is 0.389 e. The monoisotopic (exact) mass is 234 g/mol. The van der Waals surface area contributed by atoms with E-state index in [2.05, 4.69) is 26.8 Å². The van der Waals surface area contributed by atoms with Gasteiger partial charge in [-0.2, -0.15) is 5.26 Å². The number of hydrogen-bond acceptors (Lipinski definition) is 3. The van der Waals surface area contributed by atoms with Gasteiger partial charge in [-0.05, 0) is 36.2 Å². The zero-order valence-electron chi connectivity index (χ0n) is 10.1. The second-order valence-electron chi connectivity index (χ2n) is 5.66. The molecule has 1 aromatic heterocycles. The summed E-state index contributed by atoms with van der Waals surface area (Å²) in [4.78, 5) is 1.35. The van der Waals surface area contributed by atoms with E-state index in [1.54, 1.807) is 11.3 Å². The Morgan fingerprint density at radius 2 is 2.12 bits per heavy atom. The summed E-state index contributed by atoms with van der Waals surface area (Å²) in [5.74, 6) is 0.713. The quantitative estimate of drug-likeness (QED) is 0.748. The first kappa shape index (κ1) is 11.5. The van der Waals surface area contributed by atoms with Crippen molar-refractivity contribution in [3.05, 3.63) is 16.0 Å². The van der Waals surface area contributed by atoms with E-state index < -0.39 is 0 Å². The zero-order valence-corrected chi connectivity index (χ0v) is 10.9. The number of nitrogens with zero attached hydrogens (tertiary/aromatic N) is 1. The minimum Gasteiger partial charge on any atom is -0.389 e. The summed E-state index contributed by atoms with van der Waals surface area (Å²) in [5.41, 5.74) is 8.20. The molecule has 0 saturated heterocycles. The van der Waals surface area contributed by atoms with Crippen molar-refractivity contribution in [1.29, 1.82) is 5.26 Å². The SMILES string of the molecule is CC(C)(C)C1CCc2c(sc(N)c2C#N)C1. The summed E-state index contributed by atoms with van der Waals surface area (Å²) in [6, 6.07) is 2.24. The van der Waals surface area contributed by atoms with Gasteiger partial charge in [-0.15, -0.1) is 11.3 Å². The van der Waals surface area contributed by atoms with Crippen LogP contribution in [0.1, 0.15) is 43.2 Å². The Hall–Kier alpha value is -1.01. The summed E-state index contributed by atoms with van der Waals surface area (Å²) in [5, 5.41) is 9.78. The van der Waals surface area contributed by atoms with Crippen LogP contribution in [-0.4, -0.2) is 0 Å². The first-order valence-electron chi connectivity index (χ1n) is 5.73. The van der Waals surface area contributed by atoms with E-state index in [0.29, 0.717) is 16.3 Å². The van der Waals surface area contributed by atoms with E-state index in [9.17, 15) is 0 Å². The number of thiophene rings is 1. The molecule has 0 spiro atoms. The molecule has 1 unspecified atom stereocenters. The molecule has 0 amide bonds. The van der Waals surface area contributed by atoms with Crippen LogP contribution < -0.4 is 5.73 Å². The lowest BCUT2D eigenvalue weighted by molar-refractivity contribution is 0.218. The van der Waals surface area contributed by atoms with Crippen LogP contribution in [0.5, 0.6) is 0 Å². The van der Waals surface area contributed by atoms with E-state index in [1.807, 2.05) is 0 Å². The standard InChI is InChI=1S/C13H18N2S/c1-13(2,3)8-4-5-9-10(7-14)12(15)16-11(9)6-8/h8H,4-6,15H2,1-3H3. The molecule has 0 aromatic carbocycles. The molecule has 0 saturated carbocycles. The minimum absolute atomic E-state index is 0.350. The van der Waals surface area contributed by atoms with Gasteiger partial charge in [0.2, 0.25) is 0 Å². The molecular weight excluding hydrogens is 216 g/mol. The molecule has 2 N–H and O–H groups in total. The van der Waals surface area contributed by atoms with Crippen LogP contribution in [0.4, 0.5) is 5.00 Å². The predicted octanol–water partition coefficient (Wildman–Crippen LogP) is 3.35. The van der Waals surface area contributed by atoms with Gasteiger partial charge in [-0.1, -0.05) is 20.8 Å². The third-order valence-electron chi connectivity index (χ3n) is 3.63. The number of anilines is 1. The zero-order chi connectivity index (χ0) is 11.9. The van der Waals surface area contributed by atoms with Crippen molar-refractivity contribution < 1.29 is 0 Å². The molecule has 1 aliphatic rings. The maximum atomic E-state index is 9.07. The Kier molecular flexibility index (Phi) is 2.71. The fourth-order valence-electron chi connectivity index (χ4n) is 2.47. The van der Waals surface area contributed by atoms with Crippen molar-refractivity contribution in [2.45, 2.75) is 40.0 Å². The second kappa shape index (κ2) is 3.78. The summed E-state index contributed by atoms with van der Waals surface area (Å²) in [7, 11) is 0. The van der Waals surface area contributed by atoms with Gasteiger partial charge in [-0.25, -0.2) is 0 Å². The van der Waals surface area contributed by atoms with Crippen LogP contribution in [0.3, 0.4) is 0 Å². The Bertz CT molecular complexity index is 446. The highest BCUT2D eigenvalue weighted by Gasteiger charge is 2.31. The van der Waals surface area contributed by atoms with Crippen LogP contribution in [0.15, 0.2) is 0 Å². The van der Waals surface area contributed by atoms with Crippen LogP contribution in [0.2, 0.25) is 0 Å². The molecule has 0 aliphatic heterocycles. The van der Waals surface area contributed by atoms with E-state index in [1.165, 1.54) is 16.9 Å². The summed E-state index contributed by atoms with van der Waals surface area (Å²) in [6.45, 7) is 6.89. The molecule has 1 aliphatic carbocycles. The molecule has 0 fully saturated rings. The maximum absolute atomic E-state index is 9.07. The molecule has 1 aromatic rings.